The van der Waals surface area contributed by atoms with Gasteiger partial charge in [0.05, 0.1) is 39.3 Å². The standard InChI is InChI=1S/C31H36N4O7/c1-39-11-10-32-30(37)20-8-9-25(34-16-19-12-22(18-34)24-6-5-7-28(36)35(24)17-19)23(13-20)33-31(38)21-14-26(40-2)29(42-4)27(15-21)41-3/h5-9,13-15,19,22H,10-12,16-18H2,1-4H3,(H,32,37)(H,33,38). The molecule has 3 heterocycles. The van der Waals surface area contributed by atoms with Gasteiger partial charge in [-0.2, -0.15) is 0 Å². The molecule has 3 aromatic rings. The molecule has 42 heavy (non-hydrogen) atoms. The summed E-state index contributed by atoms with van der Waals surface area (Å²) in [4.78, 5) is 41.3. The van der Waals surface area contributed by atoms with Crippen LogP contribution in [0.25, 0.3) is 0 Å². The molecule has 2 aliphatic heterocycles. The number of carbonyl (C=O) groups is 2. The Morgan fingerprint density at radius 2 is 1.64 bits per heavy atom. The van der Waals surface area contributed by atoms with Crippen LogP contribution in [-0.4, -0.2) is 71.1 Å². The molecular weight excluding hydrogens is 540 g/mol. The van der Waals surface area contributed by atoms with E-state index in [0.717, 1.165) is 17.8 Å². The third-order valence-corrected chi connectivity index (χ3v) is 7.85. The first kappa shape index (κ1) is 29.0. The van der Waals surface area contributed by atoms with Crippen LogP contribution in [0.3, 0.4) is 0 Å². The molecule has 222 valence electrons. The normalized spacial score (nSPS) is 17.2. The van der Waals surface area contributed by atoms with Crippen LogP contribution in [0.1, 0.15) is 38.7 Å². The molecule has 1 fully saturated rings. The summed E-state index contributed by atoms with van der Waals surface area (Å²) in [6, 6.07) is 13.9. The minimum absolute atomic E-state index is 0.0257. The SMILES string of the molecule is COCCNC(=O)c1ccc(N2CC3CC(C2)c2cccc(=O)n2C3)c(NC(=O)c2cc(OC)c(OC)c(OC)c2)c1. The van der Waals surface area contributed by atoms with Crippen LogP contribution in [0, 0.1) is 5.92 Å². The molecule has 2 aliphatic rings. The van der Waals surface area contributed by atoms with Gasteiger partial charge in [-0.3, -0.25) is 14.4 Å². The number of amides is 2. The summed E-state index contributed by atoms with van der Waals surface area (Å²) < 4.78 is 23.2. The van der Waals surface area contributed by atoms with Gasteiger partial charge in [0.25, 0.3) is 17.4 Å². The highest BCUT2D eigenvalue weighted by Crippen LogP contribution is 2.41. The third-order valence-electron chi connectivity index (χ3n) is 7.85. The predicted octanol–water partition coefficient (Wildman–Crippen LogP) is 3.13. The fourth-order valence-electron chi connectivity index (χ4n) is 5.92. The Bertz CT molecular complexity index is 1510. The van der Waals surface area contributed by atoms with Crippen LogP contribution >= 0.6 is 0 Å². The fourth-order valence-corrected chi connectivity index (χ4v) is 5.92. The zero-order valence-corrected chi connectivity index (χ0v) is 24.3. The van der Waals surface area contributed by atoms with Crippen molar-refractivity contribution in [2.75, 3.05) is 64.9 Å². The summed E-state index contributed by atoms with van der Waals surface area (Å²) in [6.07, 6.45) is 0.993. The largest absolute Gasteiger partial charge is 0.493 e. The number of anilines is 2. The first-order valence-corrected chi connectivity index (χ1v) is 13.8. The van der Waals surface area contributed by atoms with Crippen LogP contribution in [0.5, 0.6) is 17.2 Å². The number of piperidine rings is 1. The molecule has 2 N–H and O–H groups in total. The van der Waals surface area contributed by atoms with E-state index in [0.29, 0.717) is 66.8 Å². The third kappa shape index (κ3) is 5.78. The van der Waals surface area contributed by atoms with Crippen molar-refractivity contribution in [1.82, 2.24) is 9.88 Å². The molecule has 0 radical (unpaired) electrons. The molecule has 0 saturated carbocycles. The van der Waals surface area contributed by atoms with Gasteiger partial charge in [0.2, 0.25) is 5.75 Å². The van der Waals surface area contributed by atoms with Crippen molar-refractivity contribution in [2.45, 2.75) is 18.9 Å². The zero-order valence-electron chi connectivity index (χ0n) is 24.3. The van der Waals surface area contributed by atoms with Crippen molar-refractivity contribution >= 4 is 23.2 Å². The summed E-state index contributed by atoms with van der Waals surface area (Å²) >= 11 is 0. The highest BCUT2D eigenvalue weighted by molar-refractivity contribution is 6.08. The van der Waals surface area contributed by atoms with Gasteiger partial charge in [-0.1, -0.05) is 6.07 Å². The molecule has 5 rings (SSSR count). The predicted molar refractivity (Wildman–Crippen MR) is 158 cm³/mol. The van der Waals surface area contributed by atoms with Gasteiger partial charge in [0.15, 0.2) is 11.5 Å². The molecule has 1 aromatic heterocycles. The Labute approximate surface area is 244 Å². The van der Waals surface area contributed by atoms with E-state index in [1.165, 1.54) is 21.3 Å². The van der Waals surface area contributed by atoms with Crippen molar-refractivity contribution in [3.8, 4) is 17.2 Å². The van der Waals surface area contributed by atoms with Crippen molar-refractivity contribution < 1.29 is 28.5 Å². The monoisotopic (exact) mass is 576 g/mol. The number of rotatable bonds is 10. The number of hydrogen-bond donors (Lipinski definition) is 2. The highest BCUT2D eigenvalue weighted by Gasteiger charge is 2.35. The van der Waals surface area contributed by atoms with E-state index in [1.54, 1.807) is 37.4 Å². The van der Waals surface area contributed by atoms with Crippen LogP contribution in [-0.2, 0) is 11.3 Å². The quantitative estimate of drug-likeness (QED) is 0.354. The molecule has 11 heteroatoms. The Morgan fingerprint density at radius 1 is 0.881 bits per heavy atom. The number of methoxy groups -OCH3 is 4. The molecule has 2 aromatic carbocycles. The lowest BCUT2D eigenvalue weighted by Crippen LogP contribution is -2.47. The lowest BCUT2D eigenvalue weighted by atomic mass is 9.83. The molecule has 0 aliphatic carbocycles. The maximum Gasteiger partial charge on any atom is 0.255 e. The molecule has 1 saturated heterocycles. The summed E-state index contributed by atoms with van der Waals surface area (Å²) in [6.45, 7) is 2.78. The number of ether oxygens (including phenoxy) is 4. The van der Waals surface area contributed by atoms with E-state index in [9.17, 15) is 14.4 Å². The molecule has 2 amide bonds. The highest BCUT2D eigenvalue weighted by atomic mass is 16.5. The molecule has 2 atom stereocenters. The molecule has 2 unspecified atom stereocenters. The van der Waals surface area contributed by atoms with Crippen molar-refractivity contribution in [3.63, 3.8) is 0 Å². The number of carbonyl (C=O) groups excluding carboxylic acids is 2. The van der Waals surface area contributed by atoms with Gasteiger partial charge in [-0.15, -0.1) is 0 Å². The maximum atomic E-state index is 13.6. The second-order valence-electron chi connectivity index (χ2n) is 10.5. The number of nitrogens with zero attached hydrogens (tertiary/aromatic N) is 2. The van der Waals surface area contributed by atoms with Crippen molar-refractivity contribution in [2.24, 2.45) is 5.92 Å². The molecule has 11 nitrogen and oxygen atoms in total. The minimum Gasteiger partial charge on any atom is -0.493 e. The van der Waals surface area contributed by atoms with E-state index in [4.69, 9.17) is 18.9 Å². The van der Waals surface area contributed by atoms with Crippen LogP contribution in [0.4, 0.5) is 11.4 Å². The Hall–Kier alpha value is -4.51. The summed E-state index contributed by atoms with van der Waals surface area (Å²) in [5.74, 6) is 0.852. The smallest absolute Gasteiger partial charge is 0.255 e. The first-order chi connectivity index (χ1) is 20.4. The lowest BCUT2D eigenvalue weighted by Gasteiger charge is -2.44. The average molecular weight is 577 g/mol. The number of pyridine rings is 1. The summed E-state index contributed by atoms with van der Waals surface area (Å²) in [7, 11) is 6.04. The van der Waals surface area contributed by atoms with Crippen molar-refractivity contribution in [3.05, 3.63) is 75.7 Å². The van der Waals surface area contributed by atoms with Crippen LogP contribution in [0.2, 0.25) is 0 Å². The van der Waals surface area contributed by atoms with Gasteiger partial charge < -0.3 is 39.0 Å². The minimum atomic E-state index is -0.401. The van der Waals surface area contributed by atoms with E-state index >= 15 is 0 Å². The number of nitrogens with one attached hydrogen (secondary N) is 2. The Balaban J connectivity index is 1.49. The molecule has 0 spiro atoms. The van der Waals surface area contributed by atoms with Gasteiger partial charge >= 0.3 is 0 Å². The van der Waals surface area contributed by atoms with Crippen LogP contribution in [0.15, 0.2) is 53.3 Å². The van der Waals surface area contributed by atoms with E-state index < -0.39 is 5.91 Å². The number of aromatic nitrogens is 1. The molecular formula is C31H36N4O7. The Morgan fingerprint density at radius 3 is 2.33 bits per heavy atom. The maximum absolute atomic E-state index is 13.6. The Kier molecular flexibility index (Phi) is 8.67. The first-order valence-electron chi connectivity index (χ1n) is 13.8. The van der Waals surface area contributed by atoms with Gasteiger partial charge in [-0.05, 0) is 48.7 Å². The summed E-state index contributed by atoms with van der Waals surface area (Å²) in [5, 5.41) is 5.86. The average Bonchev–Trinajstić information content (AvgIpc) is 3.00. The molecule has 2 bridgehead atoms. The zero-order chi connectivity index (χ0) is 29.8. The second kappa shape index (κ2) is 12.6. The fraction of sp³-hybridized carbons (Fsp3) is 0.387. The van der Waals surface area contributed by atoms with E-state index in [2.05, 4.69) is 15.5 Å². The van der Waals surface area contributed by atoms with Crippen molar-refractivity contribution in [1.29, 1.82) is 0 Å². The van der Waals surface area contributed by atoms with Gasteiger partial charge in [0.1, 0.15) is 0 Å². The van der Waals surface area contributed by atoms with Gasteiger partial charge in [-0.25, -0.2) is 0 Å². The lowest BCUT2D eigenvalue weighted by molar-refractivity contribution is 0.0936. The van der Waals surface area contributed by atoms with Crippen LogP contribution < -0.4 is 35.3 Å². The second-order valence-corrected chi connectivity index (χ2v) is 10.5. The summed E-state index contributed by atoms with van der Waals surface area (Å²) in [5.41, 5.74) is 3.06. The number of hydrogen-bond acceptors (Lipinski definition) is 8. The van der Waals surface area contributed by atoms with Gasteiger partial charge in [0, 0.05) is 62.1 Å². The topological polar surface area (TPSA) is 120 Å². The van der Waals surface area contributed by atoms with E-state index in [1.807, 2.05) is 22.8 Å². The number of fused-ring (bicyclic) bond motifs is 4. The number of benzene rings is 2. The van der Waals surface area contributed by atoms with E-state index in [-0.39, 0.29) is 23.3 Å².